The second-order valence-corrected chi connectivity index (χ2v) is 4.88. The van der Waals surface area contributed by atoms with Gasteiger partial charge in [-0.25, -0.2) is 9.98 Å². The summed E-state index contributed by atoms with van der Waals surface area (Å²) < 4.78 is 5.26. The van der Waals surface area contributed by atoms with Gasteiger partial charge in [-0.2, -0.15) is 4.99 Å². The Labute approximate surface area is 151 Å². The van der Waals surface area contributed by atoms with E-state index in [0.717, 1.165) is 17.6 Å². The first-order valence-corrected chi connectivity index (χ1v) is 6.26. The number of carbonyl (C=O) groups excluding carboxylic acids is 2. The van der Waals surface area contributed by atoms with Gasteiger partial charge < -0.3 is 30.0 Å². The molecular weight excluding hydrogens is 323 g/mol. The fourth-order valence-electron chi connectivity index (χ4n) is 2.52. The van der Waals surface area contributed by atoms with E-state index in [9.17, 15) is 24.9 Å². The average molecular weight is 334 g/mol. The molecule has 5 atom stereocenters. The van der Waals surface area contributed by atoms with Crippen LogP contribution in [0.5, 0.6) is 0 Å². The zero-order valence-corrected chi connectivity index (χ0v) is 13.9. The number of carboxylic acid groups (broad SMARTS) is 1. The maximum absolute atomic E-state index is 11.8. The molecule has 3 N–H and O–H groups in total. The molecule has 12 heteroatoms. The van der Waals surface area contributed by atoms with Crippen LogP contribution in [-0.4, -0.2) is 87.3 Å². The molecule has 11 nitrogen and oxygen atoms in total. The summed E-state index contributed by atoms with van der Waals surface area (Å²) in [5.41, 5.74) is -2.43. The van der Waals surface area contributed by atoms with Gasteiger partial charge in [0.05, 0.1) is 18.9 Å². The quantitative estimate of drug-likeness (QED) is 0.338. The summed E-state index contributed by atoms with van der Waals surface area (Å²) in [6, 6.07) is 0. The maximum atomic E-state index is 11.8. The van der Waals surface area contributed by atoms with E-state index in [-0.39, 0.29) is 35.4 Å². The van der Waals surface area contributed by atoms with Crippen molar-refractivity contribution in [1.82, 2.24) is 4.90 Å². The third-order valence-electron chi connectivity index (χ3n) is 3.70. The number of carboxylic acids is 1. The van der Waals surface area contributed by atoms with Crippen LogP contribution in [0, 0.1) is 0 Å². The molecule has 1 amide bonds. The fourth-order valence-corrected chi connectivity index (χ4v) is 2.52. The van der Waals surface area contributed by atoms with Crippen LogP contribution in [0.2, 0.25) is 0 Å². The second kappa shape index (κ2) is 6.36. The Morgan fingerprint density at radius 2 is 2.13 bits per heavy atom. The number of fused-ring (bicyclic) bond motifs is 1. The van der Waals surface area contributed by atoms with Crippen LogP contribution in [0.3, 0.4) is 0 Å². The molecule has 0 aliphatic carbocycles. The van der Waals surface area contributed by atoms with E-state index in [1.807, 2.05) is 0 Å². The minimum Gasteiger partial charge on any atom is -0.546 e. The summed E-state index contributed by atoms with van der Waals surface area (Å²) in [6.07, 6.45) is -3.41. The summed E-state index contributed by atoms with van der Waals surface area (Å²) in [6.45, 7) is -0.557. The molecule has 0 radical (unpaired) electrons. The van der Waals surface area contributed by atoms with Gasteiger partial charge in [-0.15, -0.1) is 0 Å². The van der Waals surface area contributed by atoms with E-state index in [4.69, 9.17) is 9.84 Å². The number of rotatable bonds is 3. The van der Waals surface area contributed by atoms with Gasteiger partial charge in [-0.3, -0.25) is 9.69 Å². The van der Waals surface area contributed by atoms with Crippen molar-refractivity contribution in [2.45, 2.75) is 30.1 Å². The largest absolute Gasteiger partial charge is 1.00 e. The SMILES string of the molecule is O=C([O-])C12N=CN([C@@H]3O[C@H](CO)[C@@H](O)[C@H]3O)C1=NC=NC2=O.[Na+]. The van der Waals surface area contributed by atoms with E-state index in [0.29, 0.717) is 0 Å². The molecule has 0 bridgehead atoms. The molecule has 23 heavy (non-hydrogen) atoms. The number of aliphatic imine (C=N–C) groups is 3. The van der Waals surface area contributed by atoms with Crippen LogP contribution < -0.4 is 34.7 Å². The van der Waals surface area contributed by atoms with E-state index < -0.39 is 48.6 Å². The predicted molar refractivity (Wildman–Crippen MR) is 66.8 cm³/mol. The summed E-state index contributed by atoms with van der Waals surface area (Å²) in [7, 11) is 0. The van der Waals surface area contributed by atoms with Gasteiger partial charge in [0.1, 0.15) is 24.7 Å². The molecule has 3 heterocycles. The first-order valence-electron chi connectivity index (χ1n) is 6.26. The van der Waals surface area contributed by atoms with Gasteiger partial charge in [0, 0.05) is 0 Å². The van der Waals surface area contributed by atoms with Gasteiger partial charge >= 0.3 is 29.6 Å². The minimum atomic E-state index is -2.43. The molecule has 0 aromatic carbocycles. The van der Waals surface area contributed by atoms with Crippen LogP contribution in [0.1, 0.15) is 0 Å². The smallest absolute Gasteiger partial charge is 0.546 e. The molecular formula is C11H11N4NaO7. The molecule has 0 spiro atoms. The third-order valence-corrected chi connectivity index (χ3v) is 3.70. The third kappa shape index (κ3) is 2.45. The van der Waals surface area contributed by atoms with Gasteiger partial charge in [0.15, 0.2) is 12.1 Å². The van der Waals surface area contributed by atoms with Crippen molar-refractivity contribution >= 4 is 30.4 Å². The Morgan fingerprint density at radius 3 is 2.70 bits per heavy atom. The van der Waals surface area contributed by atoms with Crippen molar-refractivity contribution in [2.75, 3.05) is 6.61 Å². The molecule has 0 aromatic rings. The number of carbonyl (C=O) groups is 2. The molecule has 1 saturated heterocycles. The molecule has 1 fully saturated rings. The number of amidine groups is 1. The molecule has 0 aromatic heterocycles. The number of hydrogen-bond donors (Lipinski definition) is 3. The Kier molecular flexibility index (Phi) is 5.01. The van der Waals surface area contributed by atoms with Crippen LogP contribution in [0.25, 0.3) is 0 Å². The second-order valence-electron chi connectivity index (χ2n) is 4.88. The predicted octanol–water partition coefficient (Wildman–Crippen LogP) is -7.77. The number of aliphatic hydroxyl groups excluding tert-OH is 3. The zero-order valence-electron chi connectivity index (χ0n) is 11.9. The Hall–Kier alpha value is -1.21. The van der Waals surface area contributed by atoms with E-state index in [1.165, 1.54) is 0 Å². The number of hydrogen-bond acceptors (Lipinski definition) is 10. The van der Waals surface area contributed by atoms with E-state index in [1.54, 1.807) is 0 Å². The van der Waals surface area contributed by atoms with Crippen molar-refractivity contribution < 1.29 is 64.3 Å². The Bertz CT molecular complexity index is 623. The minimum absolute atomic E-state index is 0. The summed E-state index contributed by atoms with van der Waals surface area (Å²) in [4.78, 5) is 34.8. The normalized spacial score (nSPS) is 38.3. The molecule has 0 saturated carbocycles. The molecule has 3 rings (SSSR count). The Morgan fingerprint density at radius 1 is 1.43 bits per heavy atom. The van der Waals surface area contributed by atoms with Crippen molar-refractivity contribution in [1.29, 1.82) is 0 Å². The van der Waals surface area contributed by atoms with Crippen molar-refractivity contribution in [3.8, 4) is 0 Å². The summed E-state index contributed by atoms with van der Waals surface area (Å²) >= 11 is 0. The first-order chi connectivity index (χ1) is 10.4. The summed E-state index contributed by atoms with van der Waals surface area (Å²) in [5, 5.41) is 40.2. The van der Waals surface area contributed by atoms with Gasteiger partial charge in [0.25, 0.3) is 5.91 Å². The maximum Gasteiger partial charge on any atom is 1.00 e. The summed E-state index contributed by atoms with van der Waals surface area (Å²) in [5.74, 6) is -3.27. The molecule has 3 aliphatic heterocycles. The topological polar surface area (TPSA) is 167 Å². The first kappa shape index (κ1) is 18.1. The van der Waals surface area contributed by atoms with Crippen LogP contribution in [-0.2, 0) is 14.3 Å². The number of aliphatic hydroxyl groups is 3. The van der Waals surface area contributed by atoms with Gasteiger partial charge in [0.2, 0.25) is 5.54 Å². The molecule has 1 unspecified atom stereocenters. The van der Waals surface area contributed by atoms with Crippen molar-refractivity contribution in [3.63, 3.8) is 0 Å². The monoisotopic (exact) mass is 334 g/mol. The number of nitrogens with zero attached hydrogens (tertiary/aromatic N) is 4. The number of amides is 1. The Balaban J connectivity index is 0.00000192. The van der Waals surface area contributed by atoms with Crippen LogP contribution >= 0.6 is 0 Å². The zero-order chi connectivity index (χ0) is 16.1. The van der Waals surface area contributed by atoms with E-state index in [2.05, 4.69) is 15.0 Å². The van der Waals surface area contributed by atoms with E-state index >= 15 is 0 Å². The number of ether oxygens (including phenoxy) is 1. The molecule has 3 aliphatic rings. The number of aliphatic carboxylic acids is 1. The fraction of sp³-hybridized carbons (Fsp3) is 0.545. The standard InChI is InChI=1S/C11H12N4O7.Na/c16-1-4-5(17)6(18)7(22-4)15-3-14-11(10(20)21)8(15)12-2-13-9(11)19;/h2-7,16-18H,1H2,(H,20,21);/q;+1/p-1/t4-,5-,6-,7-,11?;/m1./s1. The average Bonchev–Trinajstić information content (AvgIpc) is 3.01. The van der Waals surface area contributed by atoms with Gasteiger partial charge in [-0.05, 0) is 0 Å². The van der Waals surface area contributed by atoms with Crippen LogP contribution in [0.4, 0.5) is 0 Å². The van der Waals surface area contributed by atoms with Crippen LogP contribution in [0.15, 0.2) is 15.0 Å². The van der Waals surface area contributed by atoms with Gasteiger partial charge in [-0.1, -0.05) is 0 Å². The van der Waals surface area contributed by atoms with Crippen molar-refractivity contribution in [2.24, 2.45) is 15.0 Å². The molecule has 118 valence electrons. The van der Waals surface area contributed by atoms with Crippen molar-refractivity contribution in [3.05, 3.63) is 0 Å².